The third-order valence-corrected chi connectivity index (χ3v) is 5.02. The lowest BCUT2D eigenvalue weighted by Crippen LogP contribution is -2.50. The van der Waals surface area contributed by atoms with E-state index in [0.717, 1.165) is 45.1 Å². The van der Waals surface area contributed by atoms with Crippen molar-refractivity contribution in [2.24, 2.45) is 5.41 Å². The maximum atomic E-state index is 11.7. The molecule has 1 atom stereocenters. The van der Waals surface area contributed by atoms with Crippen molar-refractivity contribution in [3.8, 4) is 0 Å². The van der Waals surface area contributed by atoms with Gasteiger partial charge in [-0.25, -0.2) is 9.78 Å². The molecule has 1 aromatic rings. The molecule has 0 bridgehead atoms. The molecule has 0 spiro atoms. The number of ether oxygens (including phenoxy) is 1. The van der Waals surface area contributed by atoms with Crippen LogP contribution in [0.15, 0.2) is 18.3 Å². The lowest BCUT2D eigenvalue weighted by atomic mass is 9.89. The van der Waals surface area contributed by atoms with Gasteiger partial charge in [-0.15, -0.1) is 0 Å². The number of carbonyl (C=O) groups is 1. The van der Waals surface area contributed by atoms with E-state index in [4.69, 9.17) is 4.74 Å². The Labute approximate surface area is 144 Å². The number of nitrogens with one attached hydrogen (secondary N) is 1. The first-order chi connectivity index (χ1) is 11.6. The molecule has 0 aliphatic carbocycles. The molecule has 0 amide bonds. The SMILES string of the molecule is CCOC(=O)c1ccc(N2CCN(CC3(C)CCNC3)CC2)nc1. The molecule has 2 aliphatic rings. The van der Waals surface area contributed by atoms with E-state index in [0.29, 0.717) is 17.6 Å². The highest BCUT2D eigenvalue weighted by atomic mass is 16.5. The normalized spacial score (nSPS) is 25.0. The molecule has 2 aliphatic heterocycles. The molecule has 0 radical (unpaired) electrons. The summed E-state index contributed by atoms with van der Waals surface area (Å²) in [5.74, 6) is 0.635. The Balaban J connectivity index is 1.52. The third kappa shape index (κ3) is 4.05. The van der Waals surface area contributed by atoms with Crippen molar-refractivity contribution in [2.75, 3.05) is 57.3 Å². The average molecular weight is 332 g/mol. The second-order valence-electron chi connectivity index (χ2n) is 7.13. The molecule has 1 aromatic heterocycles. The number of rotatable bonds is 5. The molecule has 1 N–H and O–H groups in total. The average Bonchev–Trinajstić information content (AvgIpc) is 3.02. The molecule has 6 nitrogen and oxygen atoms in total. The quantitative estimate of drug-likeness (QED) is 0.822. The summed E-state index contributed by atoms with van der Waals surface area (Å²) in [7, 11) is 0. The van der Waals surface area contributed by atoms with Gasteiger partial charge in [-0.1, -0.05) is 6.92 Å². The second-order valence-corrected chi connectivity index (χ2v) is 7.13. The molecule has 0 aromatic carbocycles. The third-order valence-electron chi connectivity index (χ3n) is 5.02. The Morgan fingerprint density at radius 2 is 2.12 bits per heavy atom. The number of carbonyl (C=O) groups excluding carboxylic acids is 1. The minimum atomic E-state index is -0.306. The van der Waals surface area contributed by atoms with Gasteiger partial charge >= 0.3 is 5.97 Å². The maximum absolute atomic E-state index is 11.7. The van der Waals surface area contributed by atoms with E-state index in [1.165, 1.54) is 13.0 Å². The zero-order valence-corrected chi connectivity index (χ0v) is 14.8. The highest BCUT2D eigenvalue weighted by molar-refractivity contribution is 5.89. The number of nitrogens with zero attached hydrogens (tertiary/aromatic N) is 3. The highest BCUT2D eigenvalue weighted by Crippen LogP contribution is 2.26. The molecule has 24 heavy (non-hydrogen) atoms. The van der Waals surface area contributed by atoms with E-state index in [1.807, 2.05) is 6.07 Å². The number of esters is 1. The summed E-state index contributed by atoms with van der Waals surface area (Å²) in [4.78, 5) is 21.0. The largest absolute Gasteiger partial charge is 0.462 e. The highest BCUT2D eigenvalue weighted by Gasteiger charge is 2.31. The van der Waals surface area contributed by atoms with Crippen molar-refractivity contribution in [2.45, 2.75) is 20.3 Å². The molecule has 1 unspecified atom stereocenters. The van der Waals surface area contributed by atoms with Crippen molar-refractivity contribution in [3.05, 3.63) is 23.9 Å². The monoisotopic (exact) mass is 332 g/mol. The van der Waals surface area contributed by atoms with Gasteiger partial charge in [0, 0.05) is 45.5 Å². The summed E-state index contributed by atoms with van der Waals surface area (Å²) in [5, 5.41) is 3.48. The molecule has 3 heterocycles. The van der Waals surface area contributed by atoms with Crippen LogP contribution in [0.5, 0.6) is 0 Å². The Bertz CT molecular complexity index is 547. The van der Waals surface area contributed by atoms with Crippen LogP contribution in [0, 0.1) is 5.41 Å². The minimum Gasteiger partial charge on any atom is -0.462 e. The first-order valence-corrected chi connectivity index (χ1v) is 8.91. The fourth-order valence-electron chi connectivity index (χ4n) is 3.59. The van der Waals surface area contributed by atoms with Gasteiger partial charge in [0.2, 0.25) is 0 Å². The predicted octanol–water partition coefficient (Wildman–Crippen LogP) is 1.38. The van der Waals surface area contributed by atoms with Gasteiger partial charge in [-0.05, 0) is 37.4 Å². The number of hydrogen-bond acceptors (Lipinski definition) is 6. The van der Waals surface area contributed by atoms with E-state index in [2.05, 4.69) is 27.0 Å². The molecular formula is C18H28N4O2. The van der Waals surface area contributed by atoms with Crippen molar-refractivity contribution >= 4 is 11.8 Å². The van der Waals surface area contributed by atoms with Crippen LogP contribution < -0.4 is 10.2 Å². The summed E-state index contributed by atoms with van der Waals surface area (Å²) in [6.07, 6.45) is 2.88. The van der Waals surface area contributed by atoms with E-state index in [1.54, 1.807) is 19.2 Å². The molecule has 0 saturated carbocycles. The fourth-order valence-corrected chi connectivity index (χ4v) is 3.59. The molecule has 2 fully saturated rings. The topological polar surface area (TPSA) is 57.7 Å². The van der Waals surface area contributed by atoms with Crippen LogP contribution in [-0.4, -0.2) is 68.3 Å². The summed E-state index contributed by atoms with van der Waals surface area (Å²) in [6.45, 7) is 12.1. The minimum absolute atomic E-state index is 0.306. The van der Waals surface area contributed by atoms with Crippen LogP contribution in [0.4, 0.5) is 5.82 Å². The maximum Gasteiger partial charge on any atom is 0.339 e. The van der Waals surface area contributed by atoms with Gasteiger partial charge < -0.3 is 15.0 Å². The van der Waals surface area contributed by atoms with Crippen molar-refractivity contribution in [1.29, 1.82) is 0 Å². The van der Waals surface area contributed by atoms with E-state index < -0.39 is 0 Å². The Morgan fingerprint density at radius 1 is 1.33 bits per heavy atom. The smallest absolute Gasteiger partial charge is 0.339 e. The molecule has 3 rings (SSSR count). The number of piperazine rings is 1. The van der Waals surface area contributed by atoms with Crippen LogP contribution in [0.1, 0.15) is 30.6 Å². The lowest BCUT2D eigenvalue weighted by Gasteiger charge is -2.39. The predicted molar refractivity (Wildman–Crippen MR) is 94.4 cm³/mol. The van der Waals surface area contributed by atoms with Gasteiger partial charge in [-0.3, -0.25) is 4.90 Å². The number of pyridine rings is 1. The number of hydrogen-bond donors (Lipinski definition) is 1. The van der Waals surface area contributed by atoms with E-state index >= 15 is 0 Å². The van der Waals surface area contributed by atoms with E-state index in [9.17, 15) is 4.79 Å². The molecular weight excluding hydrogens is 304 g/mol. The first-order valence-electron chi connectivity index (χ1n) is 8.91. The summed E-state index contributed by atoms with van der Waals surface area (Å²) >= 11 is 0. The fraction of sp³-hybridized carbons (Fsp3) is 0.667. The number of aromatic nitrogens is 1. The molecule has 6 heteroatoms. The summed E-state index contributed by atoms with van der Waals surface area (Å²) < 4.78 is 5.00. The second kappa shape index (κ2) is 7.49. The van der Waals surface area contributed by atoms with Gasteiger partial charge in [-0.2, -0.15) is 0 Å². The van der Waals surface area contributed by atoms with Crippen LogP contribution >= 0.6 is 0 Å². The van der Waals surface area contributed by atoms with Crippen molar-refractivity contribution in [1.82, 2.24) is 15.2 Å². The summed E-state index contributed by atoms with van der Waals surface area (Å²) in [6, 6.07) is 3.72. The van der Waals surface area contributed by atoms with Gasteiger partial charge in [0.05, 0.1) is 12.2 Å². The Morgan fingerprint density at radius 3 is 2.71 bits per heavy atom. The van der Waals surface area contributed by atoms with Crippen molar-refractivity contribution in [3.63, 3.8) is 0 Å². The molecule has 132 valence electrons. The van der Waals surface area contributed by atoms with Crippen LogP contribution in [0.25, 0.3) is 0 Å². The summed E-state index contributed by atoms with van der Waals surface area (Å²) in [5.41, 5.74) is 0.933. The van der Waals surface area contributed by atoms with E-state index in [-0.39, 0.29) is 5.97 Å². The molecule has 2 saturated heterocycles. The van der Waals surface area contributed by atoms with Crippen LogP contribution in [-0.2, 0) is 4.74 Å². The number of anilines is 1. The van der Waals surface area contributed by atoms with Gasteiger partial charge in [0.1, 0.15) is 5.82 Å². The zero-order chi connectivity index (χ0) is 17.0. The van der Waals surface area contributed by atoms with Crippen LogP contribution in [0.3, 0.4) is 0 Å². The standard InChI is InChI=1S/C18H28N4O2/c1-3-24-17(23)15-4-5-16(20-12-15)22-10-8-21(9-11-22)14-18(2)6-7-19-13-18/h4-5,12,19H,3,6-11,13-14H2,1-2H3. The van der Waals surface area contributed by atoms with Gasteiger partial charge in [0.15, 0.2) is 0 Å². The zero-order valence-electron chi connectivity index (χ0n) is 14.8. The van der Waals surface area contributed by atoms with Crippen molar-refractivity contribution < 1.29 is 9.53 Å². The first kappa shape index (κ1) is 17.2. The Kier molecular flexibility index (Phi) is 5.36. The van der Waals surface area contributed by atoms with Gasteiger partial charge in [0.25, 0.3) is 0 Å². The Hall–Kier alpha value is -1.66. The lowest BCUT2D eigenvalue weighted by molar-refractivity contribution is 0.0526. The van der Waals surface area contributed by atoms with Crippen LogP contribution in [0.2, 0.25) is 0 Å².